The minimum absolute atomic E-state index is 0.128. The molecule has 0 N–H and O–H groups in total. The second kappa shape index (κ2) is 9.30. The highest BCUT2D eigenvalue weighted by Crippen LogP contribution is 2.65. The van der Waals surface area contributed by atoms with Gasteiger partial charge in [-0.2, -0.15) is 0 Å². The highest BCUT2D eigenvalue weighted by Gasteiger charge is 2.67. The number of esters is 1. The normalized spacial score (nSPS) is 33.9. The molecule has 0 spiro atoms. The third-order valence-electron chi connectivity index (χ3n) is 9.21. The maximum Gasteiger partial charge on any atom is 0.486 e. The van der Waals surface area contributed by atoms with Gasteiger partial charge in [0.05, 0.1) is 24.9 Å². The van der Waals surface area contributed by atoms with Crippen LogP contribution in [-0.4, -0.2) is 74.1 Å². The van der Waals surface area contributed by atoms with Crippen molar-refractivity contribution in [3.05, 3.63) is 29.2 Å². The van der Waals surface area contributed by atoms with Gasteiger partial charge in [-0.05, 0) is 43.1 Å². The van der Waals surface area contributed by atoms with Crippen LogP contribution < -0.4 is 4.74 Å². The maximum absolute atomic E-state index is 13.1. The molecule has 3 aliphatic carbocycles. The summed E-state index contributed by atoms with van der Waals surface area (Å²) in [4.78, 5) is 16.4. The minimum atomic E-state index is -1.03. The van der Waals surface area contributed by atoms with E-state index in [4.69, 9.17) is 23.5 Å². The number of rotatable bonds is 6. The van der Waals surface area contributed by atoms with Crippen LogP contribution in [0.1, 0.15) is 63.4 Å². The molecular formula is C28H38BNO6S. The number of nitrogens with zero attached hydrogens (tertiary/aromatic N) is 1. The van der Waals surface area contributed by atoms with E-state index in [9.17, 15) is 4.79 Å². The highest BCUT2D eigenvalue weighted by atomic mass is 32.2. The number of thioether (sulfide) groups is 1. The molecule has 200 valence electrons. The zero-order valence-corrected chi connectivity index (χ0v) is 23.4. The standard InChI is InChI=1S/C28H38BNO6S/c1-26(2)19-16-21(26)28(5)22(17-19)35-29(36-28)9-8-18-6-7-20(37-15-12-30-10-13-32-14-11-30)23-24(18)33-27(3,4)34-25(23)31/h6-9,19,21-22H,10-17H2,1-5H3/b9-8-/t19-,21-,22+,28?/m1/s1. The van der Waals surface area contributed by atoms with Crippen molar-refractivity contribution in [1.29, 1.82) is 0 Å². The Hall–Kier alpha value is -1.52. The van der Waals surface area contributed by atoms with E-state index >= 15 is 0 Å². The first kappa shape index (κ1) is 25.7. The van der Waals surface area contributed by atoms with E-state index in [1.54, 1.807) is 25.6 Å². The van der Waals surface area contributed by atoms with Gasteiger partial charge in [-0.3, -0.25) is 4.90 Å². The van der Waals surface area contributed by atoms with Crippen LogP contribution >= 0.6 is 11.8 Å². The van der Waals surface area contributed by atoms with Crippen molar-refractivity contribution < 1.29 is 28.3 Å². The number of benzene rings is 1. The Labute approximate surface area is 224 Å². The second-order valence-corrected chi connectivity index (χ2v) is 13.4. The molecule has 1 aromatic rings. The molecule has 3 saturated carbocycles. The van der Waals surface area contributed by atoms with Gasteiger partial charge in [0.15, 0.2) is 0 Å². The van der Waals surface area contributed by atoms with E-state index in [0.717, 1.165) is 55.5 Å². The molecule has 9 heteroatoms. The summed E-state index contributed by atoms with van der Waals surface area (Å²) in [5.41, 5.74) is 1.39. The zero-order valence-electron chi connectivity index (χ0n) is 22.6. The molecule has 3 heterocycles. The highest BCUT2D eigenvalue weighted by molar-refractivity contribution is 7.99. The van der Waals surface area contributed by atoms with Gasteiger partial charge in [0, 0.05) is 49.7 Å². The Balaban J connectivity index is 1.20. The Bertz CT molecular complexity index is 1100. The maximum atomic E-state index is 13.1. The zero-order chi connectivity index (χ0) is 26.0. The number of morpholine rings is 1. The molecule has 37 heavy (non-hydrogen) atoms. The lowest BCUT2D eigenvalue weighted by molar-refractivity contribution is -0.199. The molecule has 1 unspecified atom stereocenters. The van der Waals surface area contributed by atoms with E-state index in [-0.39, 0.29) is 17.7 Å². The van der Waals surface area contributed by atoms with Crippen LogP contribution in [0.5, 0.6) is 5.75 Å². The molecule has 6 aliphatic rings. The first-order valence-corrected chi connectivity index (χ1v) is 14.6. The molecule has 7 rings (SSSR count). The molecule has 2 saturated heterocycles. The quantitative estimate of drug-likeness (QED) is 0.300. The number of fused-ring (bicyclic) bond motifs is 1. The van der Waals surface area contributed by atoms with Crippen LogP contribution in [-0.2, 0) is 18.8 Å². The molecule has 7 nitrogen and oxygen atoms in total. The molecule has 3 aliphatic heterocycles. The van der Waals surface area contributed by atoms with Crippen LogP contribution in [0.4, 0.5) is 0 Å². The molecule has 1 aromatic carbocycles. The lowest BCUT2D eigenvalue weighted by atomic mass is 9.43. The fourth-order valence-corrected chi connectivity index (χ4v) is 8.00. The fraction of sp³-hybridized carbons (Fsp3) is 0.679. The van der Waals surface area contributed by atoms with E-state index in [0.29, 0.717) is 28.6 Å². The van der Waals surface area contributed by atoms with Crippen LogP contribution in [0.15, 0.2) is 23.0 Å². The van der Waals surface area contributed by atoms with E-state index in [1.807, 2.05) is 24.2 Å². The number of cyclic esters (lactones) is 1. The Morgan fingerprint density at radius 1 is 1.11 bits per heavy atom. The number of hydrogen-bond donors (Lipinski definition) is 0. The lowest BCUT2D eigenvalue weighted by Gasteiger charge is -2.64. The average molecular weight is 527 g/mol. The first-order valence-electron chi connectivity index (χ1n) is 13.6. The number of carbonyl (C=O) groups excluding carboxylic acids is 1. The fourth-order valence-electron chi connectivity index (χ4n) is 6.95. The minimum Gasteiger partial charge on any atom is -0.451 e. The molecule has 0 amide bonds. The predicted molar refractivity (Wildman–Crippen MR) is 144 cm³/mol. The summed E-state index contributed by atoms with van der Waals surface area (Å²) in [6, 6.07) is 4.02. The SMILES string of the molecule is CC1(C)OC(=O)c2c(SCCN3CCOCC3)ccc(/C=C\B3O[C@H]4C[C@H]5C[C@H](C5(C)C)C4(C)O3)c2O1. The van der Waals surface area contributed by atoms with E-state index in [1.165, 1.54) is 6.42 Å². The second-order valence-electron chi connectivity index (χ2n) is 12.2. The van der Waals surface area contributed by atoms with Gasteiger partial charge in [0.1, 0.15) is 11.3 Å². The summed E-state index contributed by atoms with van der Waals surface area (Å²) in [6.45, 7) is 14.9. The summed E-state index contributed by atoms with van der Waals surface area (Å²) in [5.74, 6) is 3.26. The van der Waals surface area contributed by atoms with Crippen molar-refractivity contribution in [2.75, 3.05) is 38.6 Å². The van der Waals surface area contributed by atoms with Gasteiger partial charge in [0.2, 0.25) is 5.79 Å². The van der Waals surface area contributed by atoms with E-state index in [2.05, 4.69) is 25.7 Å². The van der Waals surface area contributed by atoms with Gasteiger partial charge in [-0.1, -0.05) is 32.0 Å². The molecule has 2 bridgehead atoms. The van der Waals surface area contributed by atoms with Crippen LogP contribution in [0.25, 0.3) is 6.08 Å². The van der Waals surface area contributed by atoms with Crippen molar-refractivity contribution in [3.8, 4) is 5.75 Å². The Kier molecular flexibility index (Phi) is 6.47. The van der Waals surface area contributed by atoms with Crippen LogP contribution in [0.2, 0.25) is 0 Å². The third kappa shape index (κ3) is 4.54. The first-order chi connectivity index (χ1) is 17.6. The summed E-state index contributed by atoms with van der Waals surface area (Å²) >= 11 is 1.67. The van der Waals surface area contributed by atoms with Gasteiger partial charge in [-0.15, -0.1) is 11.8 Å². The topological polar surface area (TPSA) is 66.5 Å². The summed E-state index contributed by atoms with van der Waals surface area (Å²) in [5, 5.41) is 0. The van der Waals surface area contributed by atoms with Gasteiger partial charge in [0.25, 0.3) is 0 Å². The molecule has 4 atom stereocenters. The van der Waals surface area contributed by atoms with Gasteiger partial charge in [-0.25, -0.2) is 4.79 Å². The largest absolute Gasteiger partial charge is 0.486 e. The predicted octanol–water partition coefficient (Wildman–Crippen LogP) is 4.68. The van der Waals surface area contributed by atoms with Crippen molar-refractivity contribution in [3.63, 3.8) is 0 Å². The van der Waals surface area contributed by atoms with Crippen molar-refractivity contribution in [2.45, 2.75) is 69.8 Å². The average Bonchev–Trinajstić information content (AvgIpc) is 3.19. The molecule has 0 aromatic heterocycles. The monoisotopic (exact) mass is 527 g/mol. The number of ether oxygens (including phenoxy) is 3. The van der Waals surface area contributed by atoms with Gasteiger partial charge >= 0.3 is 13.1 Å². The van der Waals surface area contributed by atoms with Crippen molar-refractivity contribution in [1.82, 2.24) is 4.90 Å². The summed E-state index contributed by atoms with van der Waals surface area (Å²) in [6.07, 6.45) is 4.38. The molecule has 5 fully saturated rings. The van der Waals surface area contributed by atoms with Crippen molar-refractivity contribution in [2.24, 2.45) is 17.3 Å². The van der Waals surface area contributed by atoms with E-state index < -0.39 is 12.9 Å². The molecular weight excluding hydrogens is 489 g/mol. The Morgan fingerprint density at radius 3 is 2.65 bits per heavy atom. The summed E-state index contributed by atoms with van der Waals surface area (Å²) < 4.78 is 30.2. The van der Waals surface area contributed by atoms with Gasteiger partial charge < -0.3 is 23.5 Å². The van der Waals surface area contributed by atoms with Crippen molar-refractivity contribution >= 4 is 30.9 Å². The summed E-state index contributed by atoms with van der Waals surface area (Å²) in [7, 11) is -0.410. The third-order valence-corrected chi connectivity index (χ3v) is 10.2. The van der Waals surface area contributed by atoms with Crippen LogP contribution in [0, 0.1) is 17.3 Å². The lowest BCUT2D eigenvalue weighted by Crippen LogP contribution is -2.65. The number of carbonyl (C=O) groups is 1. The smallest absolute Gasteiger partial charge is 0.451 e. The molecule has 0 radical (unpaired) electrons. The van der Waals surface area contributed by atoms with Crippen LogP contribution in [0.3, 0.4) is 0 Å². The number of hydrogen-bond acceptors (Lipinski definition) is 8. The Morgan fingerprint density at radius 2 is 1.89 bits per heavy atom.